The van der Waals surface area contributed by atoms with Gasteiger partial charge in [-0.05, 0) is 24.3 Å². The number of aliphatic carboxylic acids is 1. The number of nitrogens with zero attached hydrogens (tertiary/aromatic N) is 2. The van der Waals surface area contributed by atoms with E-state index in [9.17, 15) is 9.59 Å². The number of carboxylic acid groups (broad SMARTS) is 1. The summed E-state index contributed by atoms with van der Waals surface area (Å²) >= 11 is 13.1. The van der Waals surface area contributed by atoms with Crippen molar-refractivity contribution in [2.75, 3.05) is 5.75 Å². The van der Waals surface area contributed by atoms with E-state index in [4.69, 9.17) is 28.3 Å². The summed E-state index contributed by atoms with van der Waals surface area (Å²) in [6.45, 7) is 0. The third kappa shape index (κ3) is 3.26. The van der Waals surface area contributed by atoms with Crippen molar-refractivity contribution in [3.63, 3.8) is 0 Å². The molecule has 122 valence electrons. The first-order chi connectivity index (χ1) is 11.5. The zero-order valence-electron chi connectivity index (χ0n) is 12.1. The predicted octanol–water partition coefficient (Wildman–Crippen LogP) is 3.87. The van der Waals surface area contributed by atoms with Crippen molar-refractivity contribution < 1.29 is 9.90 Å². The van der Waals surface area contributed by atoms with Gasteiger partial charge in [-0.15, -0.1) is 0 Å². The number of halogens is 2. The number of para-hydroxylation sites is 1. The van der Waals surface area contributed by atoms with E-state index in [0.717, 1.165) is 11.8 Å². The van der Waals surface area contributed by atoms with Gasteiger partial charge in [0, 0.05) is 5.02 Å². The molecule has 0 amide bonds. The van der Waals surface area contributed by atoms with Crippen molar-refractivity contribution in [1.82, 2.24) is 9.55 Å². The Kier molecular flexibility index (Phi) is 4.80. The van der Waals surface area contributed by atoms with E-state index in [1.807, 2.05) is 6.07 Å². The molecule has 0 aliphatic carbocycles. The molecule has 3 aromatic rings. The Bertz CT molecular complexity index is 990. The van der Waals surface area contributed by atoms with Crippen LogP contribution in [0.5, 0.6) is 0 Å². The monoisotopic (exact) mass is 380 g/mol. The zero-order valence-corrected chi connectivity index (χ0v) is 14.4. The molecule has 0 aliphatic heterocycles. The molecule has 0 spiro atoms. The topological polar surface area (TPSA) is 72.2 Å². The summed E-state index contributed by atoms with van der Waals surface area (Å²) in [6, 6.07) is 11.9. The molecule has 0 bridgehead atoms. The van der Waals surface area contributed by atoms with Crippen LogP contribution in [0.25, 0.3) is 16.6 Å². The highest BCUT2D eigenvalue weighted by molar-refractivity contribution is 7.99. The maximum atomic E-state index is 12.9. The van der Waals surface area contributed by atoms with Crippen LogP contribution in [-0.2, 0) is 4.79 Å². The Balaban J connectivity index is 2.33. The zero-order chi connectivity index (χ0) is 17.3. The lowest BCUT2D eigenvalue weighted by molar-refractivity contribution is -0.133. The minimum atomic E-state index is -1.00. The van der Waals surface area contributed by atoms with Gasteiger partial charge in [0.05, 0.1) is 27.4 Å². The van der Waals surface area contributed by atoms with Gasteiger partial charge >= 0.3 is 5.97 Å². The third-order valence-corrected chi connectivity index (χ3v) is 4.63. The van der Waals surface area contributed by atoms with Gasteiger partial charge in [0.25, 0.3) is 5.56 Å². The fourth-order valence-electron chi connectivity index (χ4n) is 2.22. The second-order valence-electron chi connectivity index (χ2n) is 4.84. The van der Waals surface area contributed by atoms with E-state index in [1.54, 1.807) is 24.3 Å². The van der Waals surface area contributed by atoms with E-state index in [-0.39, 0.29) is 26.9 Å². The maximum Gasteiger partial charge on any atom is 0.313 e. The van der Waals surface area contributed by atoms with Gasteiger partial charge in [-0.3, -0.25) is 14.2 Å². The molecular weight excluding hydrogens is 371 g/mol. The van der Waals surface area contributed by atoms with Gasteiger partial charge < -0.3 is 5.11 Å². The Morgan fingerprint density at radius 1 is 1.21 bits per heavy atom. The van der Waals surface area contributed by atoms with Crippen molar-refractivity contribution in [3.8, 4) is 5.69 Å². The van der Waals surface area contributed by atoms with Crippen LogP contribution in [0.3, 0.4) is 0 Å². The maximum absolute atomic E-state index is 12.9. The van der Waals surface area contributed by atoms with Gasteiger partial charge in [-0.1, -0.05) is 53.2 Å². The highest BCUT2D eigenvalue weighted by atomic mass is 35.5. The number of fused-ring (bicyclic) bond motifs is 1. The van der Waals surface area contributed by atoms with Gasteiger partial charge in [0.15, 0.2) is 5.16 Å². The van der Waals surface area contributed by atoms with Crippen molar-refractivity contribution in [2.24, 2.45) is 0 Å². The quantitative estimate of drug-likeness (QED) is 0.549. The highest BCUT2D eigenvalue weighted by Crippen LogP contribution is 2.28. The van der Waals surface area contributed by atoms with Crippen LogP contribution in [0.4, 0.5) is 0 Å². The number of thioether (sulfide) groups is 1. The van der Waals surface area contributed by atoms with Crippen LogP contribution in [0.2, 0.25) is 10.0 Å². The number of hydrogen-bond acceptors (Lipinski definition) is 4. The highest BCUT2D eigenvalue weighted by Gasteiger charge is 2.16. The number of aromatic nitrogens is 2. The molecule has 3 rings (SSSR count). The molecule has 0 radical (unpaired) electrons. The molecule has 0 saturated carbocycles. The van der Waals surface area contributed by atoms with E-state index in [1.165, 1.54) is 16.7 Å². The van der Waals surface area contributed by atoms with Gasteiger partial charge in [0.1, 0.15) is 0 Å². The minimum Gasteiger partial charge on any atom is -0.481 e. The average molecular weight is 381 g/mol. The van der Waals surface area contributed by atoms with Crippen molar-refractivity contribution >= 4 is 51.8 Å². The summed E-state index contributed by atoms with van der Waals surface area (Å²) in [6.07, 6.45) is 0. The number of carboxylic acids is 1. The second kappa shape index (κ2) is 6.84. The largest absolute Gasteiger partial charge is 0.481 e. The normalized spacial score (nSPS) is 10.9. The molecular formula is C16H10Cl2N2O3S. The molecule has 8 heteroatoms. The smallest absolute Gasteiger partial charge is 0.313 e. The first-order valence-corrected chi connectivity index (χ1v) is 8.53. The fourth-order valence-corrected chi connectivity index (χ4v) is 3.48. The average Bonchev–Trinajstić information content (AvgIpc) is 2.54. The lowest BCUT2D eigenvalue weighted by atomic mass is 10.2. The van der Waals surface area contributed by atoms with Crippen LogP contribution >= 0.6 is 35.0 Å². The fraction of sp³-hybridized carbons (Fsp3) is 0.0625. The molecule has 5 nitrogen and oxygen atoms in total. The van der Waals surface area contributed by atoms with Gasteiger partial charge in [0.2, 0.25) is 0 Å². The SMILES string of the molecule is O=C(O)CSc1nc2c(Cl)cc(Cl)cc2c(=O)n1-c1ccccc1. The van der Waals surface area contributed by atoms with Gasteiger partial charge in [-0.2, -0.15) is 0 Å². The minimum absolute atomic E-state index is 0.226. The number of rotatable bonds is 4. The van der Waals surface area contributed by atoms with E-state index in [0.29, 0.717) is 16.2 Å². The van der Waals surface area contributed by atoms with Gasteiger partial charge in [-0.25, -0.2) is 4.98 Å². The molecule has 1 heterocycles. The van der Waals surface area contributed by atoms with E-state index >= 15 is 0 Å². The first kappa shape index (κ1) is 16.8. The third-order valence-electron chi connectivity index (χ3n) is 3.20. The lowest BCUT2D eigenvalue weighted by Gasteiger charge is -2.13. The number of carbonyl (C=O) groups is 1. The van der Waals surface area contributed by atoms with Crippen LogP contribution in [0.15, 0.2) is 52.4 Å². The van der Waals surface area contributed by atoms with E-state index in [2.05, 4.69) is 4.98 Å². The summed E-state index contributed by atoms with van der Waals surface area (Å²) < 4.78 is 1.36. The van der Waals surface area contributed by atoms with Crippen molar-refractivity contribution in [3.05, 3.63) is 62.9 Å². The molecule has 0 atom stereocenters. The molecule has 0 unspecified atom stereocenters. The summed E-state index contributed by atoms with van der Waals surface area (Å²) in [5.74, 6) is -1.23. The lowest BCUT2D eigenvalue weighted by Crippen LogP contribution is -2.22. The molecule has 1 N–H and O–H groups in total. The Morgan fingerprint density at radius 3 is 2.58 bits per heavy atom. The number of benzene rings is 2. The first-order valence-electron chi connectivity index (χ1n) is 6.79. The predicted molar refractivity (Wildman–Crippen MR) is 95.7 cm³/mol. The van der Waals surface area contributed by atoms with Crippen LogP contribution < -0.4 is 5.56 Å². The molecule has 24 heavy (non-hydrogen) atoms. The molecule has 2 aromatic carbocycles. The molecule has 0 aliphatic rings. The van der Waals surface area contributed by atoms with Crippen LogP contribution in [-0.4, -0.2) is 26.4 Å². The summed E-state index contributed by atoms with van der Waals surface area (Å²) in [5, 5.41) is 10.0. The summed E-state index contributed by atoms with van der Waals surface area (Å²) in [5.41, 5.74) is 0.524. The standard InChI is InChI=1S/C16H10Cl2N2O3S/c17-9-6-11-14(12(18)7-9)19-16(24-8-13(21)22)20(15(11)23)10-4-2-1-3-5-10/h1-7H,8H2,(H,21,22). The van der Waals surface area contributed by atoms with Crippen molar-refractivity contribution in [2.45, 2.75) is 5.16 Å². The summed E-state index contributed by atoms with van der Waals surface area (Å²) in [7, 11) is 0. The van der Waals surface area contributed by atoms with Crippen LogP contribution in [0.1, 0.15) is 0 Å². The van der Waals surface area contributed by atoms with Crippen LogP contribution in [0, 0.1) is 0 Å². The molecule has 0 fully saturated rings. The Morgan fingerprint density at radius 2 is 1.92 bits per heavy atom. The second-order valence-corrected chi connectivity index (χ2v) is 6.62. The Hall–Kier alpha value is -2.02. The molecule has 1 aromatic heterocycles. The van der Waals surface area contributed by atoms with E-state index < -0.39 is 5.97 Å². The molecule has 0 saturated heterocycles. The Labute approximate surface area is 150 Å². The summed E-state index contributed by atoms with van der Waals surface area (Å²) in [4.78, 5) is 28.2. The van der Waals surface area contributed by atoms with Crippen molar-refractivity contribution in [1.29, 1.82) is 0 Å². The number of hydrogen-bond donors (Lipinski definition) is 1.